The van der Waals surface area contributed by atoms with Gasteiger partial charge in [-0.1, -0.05) is 42.5 Å². The number of rotatable bonds is 1. The molecule has 2 aromatic rings. The Morgan fingerprint density at radius 3 is 2.56 bits per heavy atom. The SMILES string of the molecule is C[C@@H]1OC(F)=Cc2ccc(-c3ccccc3)cc21. The van der Waals surface area contributed by atoms with Gasteiger partial charge in [0.05, 0.1) is 0 Å². The Morgan fingerprint density at radius 2 is 1.78 bits per heavy atom. The van der Waals surface area contributed by atoms with Crippen LogP contribution >= 0.6 is 0 Å². The second kappa shape index (κ2) is 4.30. The van der Waals surface area contributed by atoms with Crippen LogP contribution in [-0.4, -0.2) is 0 Å². The molecule has 1 aliphatic rings. The highest BCUT2D eigenvalue weighted by atomic mass is 19.1. The van der Waals surface area contributed by atoms with Crippen LogP contribution in [0.3, 0.4) is 0 Å². The second-order valence-electron chi connectivity index (χ2n) is 4.42. The van der Waals surface area contributed by atoms with E-state index in [2.05, 4.69) is 18.2 Å². The van der Waals surface area contributed by atoms with Gasteiger partial charge in [-0.2, -0.15) is 4.39 Å². The predicted octanol–water partition coefficient (Wildman–Crippen LogP) is 4.71. The van der Waals surface area contributed by atoms with Crippen LogP contribution in [0, 0.1) is 0 Å². The van der Waals surface area contributed by atoms with Gasteiger partial charge in [0.1, 0.15) is 6.10 Å². The van der Waals surface area contributed by atoms with E-state index in [0.29, 0.717) is 0 Å². The summed E-state index contributed by atoms with van der Waals surface area (Å²) in [4.78, 5) is 0. The molecule has 0 fully saturated rings. The molecule has 0 radical (unpaired) electrons. The van der Waals surface area contributed by atoms with Crippen molar-refractivity contribution in [1.82, 2.24) is 0 Å². The highest BCUT2D eigenvalue weighted by Crippen LogP contribution is 2.34. The van der Waals surface area contributed by atoms with Crippen LogP contribution in [0.5, 0.6) is 0 Å². The van der Waals surface area contributed by atoms with E-state index in [-0.39, 0.29) is 6.10 Å². The van der Waals surface area contributed by atoms with E-state index in [4.69, 9.17) is 4.74 Å². The summed E-state index contributed by atoms with van der Waals surface area (Å²) in [6.07, 6.45) is 1.19. The van der Waals surface area contributed by atoms with E-state index in [0.717, 1.165) is 22.3 Å². The molecule has 0 N–H and O–H groups in total. The third-order valence-corrected chi connectivity index (χ3v) is 3.19. The fourth-order valence-corrected chi connectivity index (χ4v) is 2.26. The predicted molar refractivity (Wildman–Crippen MR) is 70.5 cm³/mol. The summed E-state index contributed by atoms with van der Waals surface area (Å²) in [6.45, 7) is 1.86. The molecule has 1 nitrogen and oxygen atoms in total. The average molecular weight is 240 g/mol. The Morgan fingerprint density at radius 1 is 1.00 bits per heavy atom. The first-order valence-electron chi connectivity index (χ1n) is 5.97. The Bertz CT molecular complexity index is 602. The van der Waals surface area contributed by atoms with Crippen LogP contribution in [0.25, 0.3) is 17.2 Å². The van der Waals surface area contributed by atoms with Crippen molar-refractivity contribution in [3.8, 4) is 11.1 Å². The molecule has 18 heavy (non-hydrogen) atoms. The van der Waals surface area contributed by atoms with Crippen LogP contribution < -0.4 is 0 Å². The molecule has 3 rings (SSSR count). The first-order valence-corrected chi connectivity index (χ1v) is 5.97. The zero-order valence-corrected chi connectivity index (χ0v) is 10.1. The van der Waals surface area contributed by atoms with Gasteiger partial charge in [0.2, 0.25) is 0 Å². The Balaban J connectivity index is 2.09. The molecule has 0 bridgehead atoms. The first-order chi connectivity index (χ1) is 8.74. The van der Waals surface area contributed by atoms with Crippen molar-refractivity contribution in [2.24, 2.45) is 0 Å². The van der Waals surface area contributed by atoms with Gasteiger partial charge in [-0.25, -0.2) is 0 Å². The molecule has 0 saturated carbocycles. The molecule has 0 saturated heterocycles. The summed E-state index contributed by atoms with van der Waals surface area (Å²) in [5.41, 5.74) is 4.20. The van der Waals surface area contributed by atoms with Gasteiger partial charge < -0.3 is 4.74 Å². The largest absolute Gasteiger partial charge is 0.463 e. The van der Waals surface area contributed by atoms with Crippen LogP contribution in [-0.2, 0) is 4.74 Å². The summed E-state index contributed by atoms with van der Waals surface area (Å²) >= 11 is 0. The van der Waals surface area contributed by atoms with Crippen LogP contribution in [0.15, 0.2) is 54.5 Å². The lowest BCUT2D eigenvalue weighted by molar-refractivity contribution is 0.0802. The number of hydrogen-bond donors (Lipinski definition) is 0. The average Bonchev–Trinajstić information content (AvgIpc) is 2.39. The molecule has 1 atom stereocenters. The second-order valence-corrected chi connectivity index (χ2v) is 4.42. The molecule has 1 heterocycles. The van der Waals surface area contributed by atoms with E-state index in [1.165, 1.54) is 6.08 Å². The maximum atomic E-state index is 13.2. The third-order valence-electron chi connectivity index (χ3n) is 3.19. The van der Waals surface area contributed by atoms with E-state index >= 15 is 0 Å². The Labute approximate surface area is 106 Å². The van der Waals surface area contributed by atoms with E-state index in [1.807, 2.05) is 37.3 Å². The van der Waals surface area contributed by atoms with Crippen LogP contribution in [0.4, 0.5) is 4.39 Å². The molecular formula is C16H13FO. The van der Waals surface area contributed by atoms with Crippen LogP contribution in [0.1, 0.15) is 24.2 Å². The van der Waals surface area contributed by atoms with E-state index in [1.54, 1.807) is 0 Å². The molecule has 0 spiro atoms. The van der Waals surface area contributed by atoms with Crippen molar-refractivity contribution in [3.63, 3.8) is 0 Å². The minimum Gasteiger partial charge on any atom is -0.463 e. The first kappa shape index (κ1) is 11.0. The standard InChI is InChI=1S/C16H13FO/c1-11-15-9-13(12-5-3-2-4-6-12)7-8-14(15)10-16(17)18-11/h2-11H,1H3/t11-/m0/s1. The highest BCUT2D eigenvalue weighted by Gasteiger charge is 2.18. The molecule has 2 heteroatoms. The van der Waals surface area contributed by atoms with Crippen molar-refractivity contribution < 1.29 is 9.13 Å². The zero-order valence-electron chi connectivity index (χ0n) is 10.1. The zero-order chi connectivity index (χ0) is 12.5. The van der Waals surface area contributed by atoms with Crippen molar-refractivity contribution in [3.05, 3.63) is 65.7 Å². The highest BCUT2D eigenvalue weighted by molar-refractivity contribution is 5.68. The van der Waals surface area contributed by atoms with Gasteiger partial charge in [-0.15, -0.1) is 0 Å². The third kappa shape index (κ3) is 1.90. The lowest BCUT2D eigenvalue weighted by Crippen LogP contribution is -2.05. The minimum atomic E-state index is -0.512. The summed E-state index contributed by atoms with van der Waals surface area (Å²) in [7, 11) is 0. The number of benzene rings is 2. The van der Waals surface area contributed by atoms with Gasteiger partial charge in [0, 0.05) is 11.6 Å². The minimum absolute atomic E-state index is 0.242. The van der Waals surface area contributed by atoms with Crippen molar-refractivity contribution >= 4 is 6.08 Å². The quantitative estimate of drug-likeness (QED) is 0.701. The number of ether oxygens (including phenoxy) is 1. The maximum absolute atomic E-state index is 13.2. The molecule has 1 aliphatic heterocycles. The van der Waals surface area contributed by atoms with Crippen LogP contribution in [0.2, 0.25) is 0 Å². The molecule has 0 unspecified atom stereocenters. The van der Waals surface area contributed by atoms with E-state index in [9.17, 15) is 4.39 Å². The fraction of sp³-hybridized carbons (Fsp3) is 0.125. The van der Waals surface area contributed by atoms with Gasteiger partial charge in [0.25, 0.3) is 6.01 Å². The summed E-state index contributed by atoms with van der Waals surface area (Å²) in [5, 5.41) is 0. The summed E-state index contributed by atoms with van der Waals surface area (Å²) in [5.74, 6) is 0. The van der Waals surface area contributed by atoms with Crippen molar-refractivity contribution in [2.45, 2.75) is 13.0 Å². The maximum Gasteiger partial charge on any atom is 0.273 e. The molecule has 2 aromatic carbocycles. The summed E-state index contributed by atoms with van der Waals surface area (Å²) < 4.78 is 18.3. The molecular weight excluding hydrogens is 227 g/mol. The smallest absolute Gasteiger partial charge is 0.273 e. The van der Waals surface area contributed by atoms with Gasteiger partial charge in [-0.3, -0.25) is 0 Å². The fourth-order valence-electron chi connectivity index (χ4n) is 2.26. The number of hydrogen-bond acceptors (Lipinski definition) is 1. The molecule has 90 valence electrons. The monoisotopic (exact) mass is 240 g/mol. The molecule has 0 aliphatic carbocycles. The van der Waals surface area contributed by atoms with Gasteiger partial charge in [-0.05, 0) is 29.7 Å². The van der Waals surface area contributed by atoms with Crippen molar-refractivity contribution in [2.75, 3.05) is 0 Å². The van der Waals surface area contributed by atoms with Crippen molar-refractivity contribution in [1.29, 1.82) is 0 Å². The molecule has 0 amide bonds. The topological polar surface area (TPSA) is 9.23 Å². The van der Waals surface area contributed by atoms with Gasteiger partial charge >= 0.3 is 0 Å². The number of fused-ring (bicyclic) bond motifs is 1. The van der Waals surface area contributed by atoms with Gasteiger partial charge in [0.15, 0.2) is 0 Å². The molecule has 0 aromatic heterocycles. The van der Waals surface area contributed by atoms with E-state index < -0.39 is 6.01 Å². The lowest BCUT2D eigenvalue weighted by Gasteiger charge is -2.21. The summed E-state index contributed by atoms with van der Waals surface area (Å²) in [6, 6.07) is 15.6. The number of halogens is 1. The Kier molecular flexibility index (Phi) is 2.63. The lowest BCUT2D eigenvalue weighted by atomic mass is 9.95. The normalized spacial score (nSPS) is 17.7. The Hall–Kier alpha value is -2.09.